The summed E-state index contributed by atoms with van der Waals surface area (Å²) in [7, 11) is 4.85. The minimum Gasteiger partial charge on any atom is -0.550 e. The smallest absolute Gasteiger partial charge is 0.0782 e. The van der Waals surface area contributed by atoms with Crippen molar-refractivity contribution in [1.29, 1.82) is 0 Å². The molecular weight excluding hydrogens is 310 g/mol. The molecule has 0 radical (unpaired) electrons. The summed E-state index contributed by atoms with van der Waals surface area (Å²) in [4.78, 5) is 8.89. The van der Waals surface area contributed by atoms with Crippen molar-refractivity contribution in [2.24, 2.45) is 0 Å². The van der Waals surface area contributed by atoms with Gasteiger partial charge in [-0.05, 0) is 32.6 Å². The highest BCUT2D eigenvalue weighted by molar-refractivity contribution is 5.60. The molecule has 0 saturated carbocycles. The van der Waals surface area contributed by atoms with Gasteiger partial charge in [-0.25, -0.2) is 0 Å². The molecule has 0 aromatic rings. The molecule has 0 amide bonds. The first-order valence-corrected chi connectivity index (χ1v) is 10.8. The van der Waals surface area contributed by atoms with Crippen LogP contribution in [-0.2, 0) is 4.79 Å². The Morgan fingerprint density at radius 2 is 0.880 bits per heavy atom. The molecule has 152 valence electrons. The zero-order valence-electron chi connectivity index (χ0n) is 18.1. The minimum atomic E-state index is -1.08. The largest absolute Gasteiger partial charge is 0.550 e. The summed E-state index contributed by atoms with van der Waals surface area (Å²) in [5, 5.41) is 8.89. The average molecular weight is 358 g/mol. The van der Waals surface area contributed by atoms with Gasteiger partial charge in [0, 0.05) is 5.97 Å². The van der Waals surface area contributed by atoms with E-state index >= 15 is 0 Å². The van der Waals surface area contributed by atoms with Gasteiger partial charge in [-0.1, -0.05) is 78.1 Å². The van der Waals surface area contributed by atoms with E-state index in [9.17, 15) is 0 Å². The number of hydrogen-bond acceptors (Lipinski definition) is 2. The lowest BCUT2D eigenvalue weighted by Crippen LogP contribution is -2.41. The van der Waals surface area contributed by atoms with Crippen LogP contribution in [0.1, 0.15) is 111 Å². The van der Waals surface area contributed by atoms with Gasteiger partial charge in [0.05, 0.1) is 27.2 Å². The molecule has 0 atom stereocenters. The highest BCUT2D eigenvalue weighted by Crippen LogP contribution is 2.12. The fourth-order valence-electron chi connectivity index (χ4n) is 3.11. The van der Waals surface area contributed by atoms with Crippen LogP contribution in [0.4, 0.5) is 0 Å². The summed E-state index contributed by atoms with van der Waals surface area (Å²) in [6, 6.07) is 0. The van der Waals surface area contributed by atoms with Gasteiger partial charge in [0.25, 0.3) is 0 Å². The number of aliphatic carboxylic acids is 1. The van der Waals surface area contributed by atoms with Crippen LogP contribution in [0.15, 0.2) is 0 Å². The van der Waals surface area contributed by atoms with Gasteiger partial charge in [-0.2, -0.15) is 0 Å². The van der Waals surface area contributed by atoms with Gasteiger partial charge in [0.2, 0.25) is 0 Å². The maximum Gasteiger partial charge on any atom is 0.0782 e. The Hall–Kier alpha value is -0.570. The van der Waals surface area contributed by atoms with Crippen molar-refractivity contribution in [2.75, 3.05) is 27.2 Å². The molecule has 3 nitrogen and oxygen atoms in total. The number of carbonyl (C=O) groups excluding carboxylic acids is 1. The summed E-state index contributed by atoms with van der Waals surface area (Å²) in [6.07, 6.45) is 20.1. The first-order chi connectivity index (χ1) is 11.9. The monoisotopic (exact) mass is 357 g/mol. The van der Waals surface area contributed by atoms with Crippen LogP contribution in [0.25, 0.3) is 0 Å². The van der Waals surface area contributed by atoms with Crippen molar-refractivity contribution >= 4 is 5.97 Å². The highest BCUT2D eigenvalue weighted by Gasteiger charge is 2.13. The number of carbonyl (C=O) groups is 1. The highest BCUT2D eigenvalue weighted by atomic mass is 16.4. The van der Waals surface area contributed by atoms with Crippen molar-refractivity contribution in [3.8, 4) is 0 Å². The van der Waals surface area contributed by atoms with Gasteiger partial charge < -0.3 is 14.4 Å². The van der Waals surface area contributed by atoms with Gasteiger partial charge in [0.1, 0.15) is 0 Å². The van der Waals surface area contributed by atoms with E-state index in [1.165, 1.54) is 107 Å². The predicted molar refractivity (Wildman–Crippen MR) is 109 cm³/mol. The van der Waals surface area contributed by atoms with Gasteiger partial charge >= 0.3 is 0 Å². The summed E-state index contributed by atoms with van der Waals surface area (Å²) < 4.78 is 1.24. The zero-order valence-corrected chi connectivity index (χ0v) is 18.1. The van der Waals surface area contributed by atoms with Crippen LogP contribution in [0.3, 0.4) is 0 Å². The van der Waals surface area contributed by atoms with Crippen LogP contribution in [-0.4, -0.2) is 37.6 Å². The SMILES string of the molecule is CC(=O)[O-].CCCCCCCCCC[N+](C)(C)CCCCCCCC. The lowest BCUT2D eigenvalue weighted by molar-refractivity contribution is -0.890. The molecule has 0 aromatic heterocycles. The Morgan fingerprint density at radius 1 is 0.640 bits per heavy atom. The molecule has 0 bridgehead atoms. The second-order valence-corrected chi connectivity index (χ2v) is 8.12. The van der Waals surface area contributed by atoms with E-state index < -0.39 is 5.97 Å². The lowest BCUT2D eigenvalue weighted by atomic mass is 10.1. The number of unbranched alkanes of at least 4 members (excludes halogenated alkanes) is 12. The van der Waals surface area contributed by atoms with Crippen LogP contribution in [0.5, 0.6) is 0 Å². The number of carboxylic acids is 1. The normalized spacial score (nSPS) is 11.1. The number of quaternary nitrogens is 1. The topological polar surface area (TPSA) is 40.1 Å². The molecular formula is C22H47NO2. The van der Waals surface area contributed by atoms with E-state index in [4.69, 9.17) is 9.90 Å². The van der Waals surface area contributed by atoms with Crippen LogP contribution in [0.2, 0.25) is 0 Å². The Balaban J connectivity index is 0. The fourth-order valence-corrected chi connectivity index (χ4v) is 3.11. The van der Waals surface area contributed by atoms with Crippen LogP contribution >= 0.6 is 0 Å². The van der Waals surface area contributed by atoms with Crippen molar-refractivity contribution < 1.29 is 14.4 Å². The molecule has 25 heavy (non-hydrogen) atoms. The number of carboxylic acid groups (broad SMARTS) is 1. The van der Waals surface area contributed by atoms with E-state index in [1.807, 2.05) is 0 Å². The third-order valence-corrected chi connectivity index (χ3v) is 4.73. The zero-order chi connectivity index (χ0) is 19.4. The maximum atomic E-state index is 8.89. The molecule has 0 aromatic carbocycles. The molecule has 0 aliphatic heterocycles. The van der Waals surface area contributed by atoms with E-state index in [2.05, 4.69) is 27.9 Å². The molecule has 0 saturated heterocycles. The first-order valence-electron chi connectivity index (χ1n) is 10.8. The van der Waals surface area contributed by atoms with E-state index in [0.29, 0.717) is 0 Å². The predicted octanol–water partition coefficient (Wildman–Crippen LogP) is 5.32. The Morgan fingerprint density at radius 3 is 1.16 bits per heavy atom. The Labute approximate surface area is 158 Å². The van der Waals surface area contributed by atoms with Gasteiger partial charge in [-0.3, -0.25) is 0 Å². The average Bonchev–Trinajstić information content (AvgIpc) is 2.53. The summed E-state index contributed by atoms with van der Waals surface area (Å²) in [5.41, 5.74) is 0. The van der Waals surface area contributed by atoms with Crippen molar-refractivity contribution in [1.82, 2.24) is 0 Å². The maximum absolute atomic E-state index is 8.89. The molecule has 0 spiro atoms. The van der Waals surface area contributed by atoms with E-state index in [0.717, 1.165) is 6.92 Å². The molecule has 0 fully saturated rings. The number of rotatable bonds is 16. The number of nitrogens with zero attached hydrogens (tertiary/aromatic N) is 1. The van der Waals surface area contributed by atoms with Crippen LogP contribution in [0, 0.1) is 0 Å². The molecule has 0 heterocycles. The molecule has 0 N–H and O–H groups in total. The first kappa shape index (κ1) is 26.7. The fraction of sp³-hybridized carbons (Fsp3) is 0.955. The van der Waals surface area contributed by atoms with Crippen molar-refractivity contribution in [3.63, 3.8) is 0 Å². The third-order valence-electron chi connectivity index (χ3n) is 4.73. The summed E-state index contributed by atoms with van der Waals surface area (Å²) >= 11 is 0. The van der Waals surface area contributed by atoms with Crippen LogP contribution < -0.4 is 5.11 Å². The minimum absolute atomic E-state index is 0.972. The molecule has 0 aliphatic rings. The second kappa shape index (κ2) is 19.8. The van der Waals surface area contributed by atoms with E-state index in [1.54, 1.807) is 0 Å². The van der Waals surface area contributed by atoms with Gasteiger partial charge in [0.15, 0.2) is 0 Å². The number of hydrogen-bond donors (Lipinski definition) is 0. The van der Waals surface area contributed by atoms with Crippen molar-refractivity contribution in [3.05, 3.63) is 0 Å². The second-order valence-electron chi connectivity index (χ2n) is 8.12. The molecule has 0 rings (SSSR count). The quantitative estimate of drug-likeness (QED) is 0.277. The summed E-state index contributed by atoms with van der Waals surface area (Å²) in [6.45, 7) is 8.32. The summed E-state index contributed by atoms with van der Waals surface area (Å²) in [5.74, 6) is -1.08. The Kier molecular flexibility index (Phi) is 21.1. The van der Waals surface area contributed by atoms with Gasteiger partial charge in [-0.15, -0.1) is 0 Å². The molecule has 3 heteroatoms. The standard InChI is InChI=1S/C20H44N.C2H4O2/c1-5-7-9-11-13-14-16-18-20-21(3,4)19-17-15-12-10-8-6-2;1-2(3)4/h5-20H2,1-4H3;1H3,(H,3,4)/q+1;/p-1. The molecule has 0 aliphatic carbocycles. The molecule has 0 unspecified atom stereocenters. The van der Waals surface area contributed by atoms with E-state index in [-0.39, 0.29) is 0 Å². The van der Waals surface area contributed by atoms with Crippen molar-refractivity contribution in [2.45, 2.75) is 111 Å². The Bertz CT molecular complexity index is 273. The third kappa shape index (κ3) is 28.5. The lowest BCUT2D eigenvalue weighted by Gasteiger charge is -2.30.